The van der Waals surface area contributed by atoms with Crippen LogP contribution in [-0.4, -0.2) is 42.5 Å². The molecule has 0 aliphatic carbocycles. The van der Waals surface area contributed by atoms with Crippen molar-refractivity contribution in [2.45, 2.75) is 19.8 Å². The SMILES string of the molecule is Cc1ccc(C#CCCO)c(C(=O)N(C)CC(F)F)c1. The lowest BCUT2D eigenvalue weighted by atomic mass is 10.0. The number of hydrogen-bond acceptors (Lipinski definition) is 2. The molecule has 0 radical (unpaired) electrons. The van der Waals surface area contributed by atoms with Crippen LogP contribution in [0.2, 0.25) is 0 Å². The number of nitrogens with zero attached hydrogens (tertiary/aromatic N) is 1. The third-order valence-electron chi connectivity index (χ3n) is 2.62. The van der Waals surface area contributed by atoms with Gasteiger partial charge in [-0.3, -0.25) is 4.79 Å². The summed E-state index contributed by atoms with van der Waals surface area (Å²) in [6.07, 6.45) is -2.27. The van der Waals surface area contributed by atoms with Gasteiger partial charge in [0.25, 0.3) is 12.3 Å². The largest absolute Gasteiger partial charge is 0.395 e. The van der Waals surface area contributed by atoms with Gasteiger partial charge >= 0.3 is 0 Å². The Bertz CT molecular complexity index is 532. The van der Waals surface area contributed by atoms with E-state index < -0.39 is 18.9 Å². The van der Waals surface area contributed by atoms with Gasteiger partial charge in [0.1, 0.15) is 0 Å². The summed E-state index contributed by atoms with van der Waals surface area (Å²) >= 11 is 0. The summed E-state index contributed by atoms with van der Waals surface area (Å²) in [5.41, 5.74) is 1.64. The lowest BCUT2D eigenvalue weighted by Crippen LogP contribution is -2.31. The molecule has 1 rings (SSSR count). The van der Waals surface area contributed by atoms with E-state index in [1.54, 1.807) is 18.2 Å². The molecule has 20 heavy (non-hydrogen) atoms. The highest BCUT2D eigenvalue weighted by atomic mass is 19.3. The molecule has 0 unspecified atom stereocenters. The summed E-state index contributed by atoms with van der Waals surface area (Å²) in [7, 11) is 1.34. The van der Waals surface area contributed by atoms with Crippen molar-refractivity contribution in [3.8, 4) is 11.8 Å². The molecule has 0 saturated heterocycles. The fourth-order valence-corrected chi connectivity index (χ4v) is 1.65. The molecule has 108 valence electrons. The Labute approximate surface area is 117 Å². The van der Waals surface area contributed by atoms with Crippen molar-refractivity contribution in [2.75, 3.05) is 20.2 Å². The first-order valence-electron chi connectivity index (χ1n) is 6.19. The molecule has 0 aromatic heterocycles. The van der Waals surface area contributed by atoms with Crippen molar-refractivity contribution in [1.82, 2.24) is 4.90 Å². The Morgan fingerprint density at radius 3 is 2.75 bits per heavy atom. The lowest BCUT2D eigenvalue weighted by Gasteiger charge is -2.17. The van der Waals surface area contributed by atoms with Gasteiger partial charge in [-0.25, -0.2) is 8.78 Å². The number of carbonyl (C=O) groups excluding carboxylic acids is 1. The fourth-order valence-electron chi connectivity index (χ4n) is 1.65. The Morgan fingerprint density at radius 2 is 2.15 bits per heavy atom. The van der Waals surface area contributed by atoms with Gasteiger partial charge in [0.05, 0.1) is 18.7 Å². The summed E-state index contributed by atoms with van der Waals surface area (Å²) in [5.74, 6) is 5.03. The van der Waals surface area contributed by atoms with E-state index >= 15 is 0 Å². The van der Waals surface area contributed by atoms with Crippen molar-refractivity contribution < 1.29 is 18.7 Å². The second-order valence-corrected chi connectivity index (χ2v) is 4.40. The van der Waals surface area contributed by atoms with E-state index in [0.29, 0.717) is 17.5 Å². The number of rotatable bonds is 4. The van der Waals surface area contributed by atoms with Crippen LogP contribution in [0.1, 0.15) is 27.9 Å². The molecular weight excluding hydrogens is 264 g/mol. The molecule has 0 heterocycles. The summed E-state index contributed by atoms with van der Waals surface area (Å²) < 4.78 is 24.7. The number of aryl methyl sites for hydroxylation is 1. The van der Waals surface area contributed by atoms with Crippen molar-refractivity contribution >= 4 is 5.91 Å². The minimum Gasteiger partial charge on any atom is -0.395 e. The molecule has 1 amide bonds. The Morgan fingerprint density at radius 1 is 1.45 bits per heavy atom. The van der Waals surface area contributed by atoms with Crippen molar-refractivity contribution in [2.24, 2.45) is 0 Å². The second kappa shape index (κ2) is 7.61. The lowest BCUT2D eigenvalue weighted by molar-refractivity contribution is 0.0620. The van der Waals surface area contributed by atoms with Gasteiger partial charge in [-0.05, 0) is 19.1 Å². The standard InChI is InChI=1S/C15H17F2NO2/c1-11-6-7-12(5-3-4-8-19)13(9-11)15(20)18(2)10-14(16)17/h6-7,9,14,19H,4,8,10H2,1-2H3. The molecule has 0 aliphatic heterocycles. The fraction of sp³-hybridized carbons (Fsp3) is 0.400. The molecule has 1 N–H and O–H groups in total. The maximum Gasteiger partial charge on any atom is 0.255 e. The first-order valence-corrected chi connectivity index (χ1v) is 6.19. The van der Waals surface area contributed by atoms with E-state index in [2.05, 4.69) is 11.8 Å². The van der Waals surface area contributed by atoms with Crippen LogP contribution in [0, 0.1) is 18.8 Å². The Kier molecular flexibility index (Phi) is 6.13. The molecule has 0 saturated carbocycles. The Hall–Kier alpha value is -1.93. The minimum absolute atomic E-state index is 0.0621. The van der Waals surface area contributed by atoms with E-state index in [9.17, 15) is 13.6 Å². The molecule has 0 spiro atoms. The molecule has 3 nitrogen and oxygen atoms in total. The van der Waals surface area contributed by atoms with Crippen LogP contribution in [0.15, 0.2) is 18.2 Å². The normalized spacial score (nSPS) is 10.1. The Balaban J connectivity index is 3.06. The third-order valence-corrected chi connectivity index (χ3v) is 2.62. The van der Waals surface area contributed by atoms with Crippen LogP contribution in [0.25, 0.3) is 0 Å². The molecule has 1 aromatic rings. The van der Waals surface area contributed by atoms with Crippen LogP contribution < -0.4 is 0 Å². The number of aliphatic hydroxyl groups is 1. The summed E-state index contributed by atoms with van der Waals surface area (Å²) in [6, 6.07) is 5.11. The maximum atomic E-state index is 12.3. The summed E-state index contributed by atoms with van der Waals surface area (Å²) in [6.45, 7) is 1.14. The average Bonchev–Trinajstić information content (AvgIpc) is 2.39. The number of benzene rings is 1. The van der Waals surface area contributed by atoms with Crippen molar-refractivity contribution in [1.29, 1.82) is 0 Å². The number of halogens is 2. The molecule has 0 fully saturated rings. The molecule has 0 bridgehead atoms. The predicted octanol–water partition coefficient (Wildman–Crippen LogP) is 2.07. The van der Waals surface area contributed by atoms with Gasteiger partial charge in [0, 0.05) is 19.0 Å². The molecular formula is C15H17F2NO2. The summed E-state index contributed by atoms with van der Waals surface area (Å²) in [5, 5.41) is 8.69. The van der Waals surface area contributed by atoms with E-state index in [1.807, 2.05) is 6.92 Å². The molecule has 1 aromatic carbocycles. The van der Waals surface area contributed by atoms with Crippen LogP contribution in [-0.2, 0) is 0 Å². The van der Waals surface area contributed by atoms with Gasteiger partial charge < -0.3 is 10.0 Å². The number of carbonyl (C=O) groups is 1. The number of amides is 1. The van der Waals surface area contributed by atoms with Gasteiger partial charge in [-0.15, -0.1) is 0 Å². The topological polar surface area (TPSA) is 40.5 Å². The van der Waals surface area contributed by atoms with Gasteiger partial charge in [-0.2, -0.15) is 0 Å². The van der Waals surface area contributed by atoms with Crippen LogP contribution in [0.5, 0.6) is 0 Å². The van der Waals surface area contributed by atoms with Crippen molar-refractivity contribution in [3.63, 3.8) is 0 Å². The van der Waals surface area contributed by atoms with Crippen LogP contribution in [0.4, 0.5) is 8.78 Å². The maximum absolute atomic E-state index is 12.3. The molecule has 0 aliphatic rings. The highest BCUT2D eigenvalue weighted by molar-refractivity contribution is 5.96. The van der Waals surface area contributed by atoms with Gasteiger partial charge in [-0.1, -0.05) is 23.5 Å². The average molecular weight is 281 g/mol. The van der Waals surface area contributed by atoms with Crippen LogP contribution in [0.3, 0.4) is 0 Å². The highest BCUT2D eigenvalue weighted by Gasteiger charge is 2.18. The number of aliphatic hydroxyl groups excluding tert-OH is 1. The predicted molar refractivity (Wildman–Crippen MR) is 72.7 cm³/mol. The zero-order valence-corrected chi connectivity index (χ0v) is 11.5. The molecule has 5 heteroatoms. The van der Waals surface area contributed by atoms with E-state index in [4.69, 9.17) is 5.11 Å². The number of hydrogen-bond donors (Lipinski definition) is 1. The van der Waals surface area contributed by atoms with E-state index in [0.717, 1.165) is 10.5 Å². The first-order chi connectivity index (χ1) is 9.45. The summed E-state index contributed by atoms with van der Waals surface area (Å²) in [4.78, 5) is 13.1. The second-order valence-electron chi connectivity index (χ2n) is 4.40. The molecule has 0 atom stereocenters. The highest BCUT2D eigenvalue weighted by Crippen LogP contribution is 2.14. The number of alkyl halides is 2. The van der Waals surface area contributed by atoms with Crippen LogP contribution >= 0.6 is 0 Å². The smallest absolute Gasteiger partial charge is 0.255 e. The van der Waals surface area contributed by atoms with E-state index in [1.165, 1.54) is 7.05 Å². The van der Waals surface area contributed by atoms with Gasteiger partial charge in [0.15, 0.2) is 0 Å². The monoisotopic (exact) mass is 281 g/mol. The van der Waals surface area contributed by atoms with Crippen molar-refractivity contribution in [3.05, 3.63) is 34.9 Å². The minimum atomic E-state index is -2.57. The van der Waals surface area contributed by atoms with Gasteiger partial charge in [0.2, 0.25) is 0 Å². The quantitative estimate of drug-likeness (QED) is 0.858. The first kappa shape index (κ1) is 16.1. The zero-order chi connectivity index (χ0) is 15.1. The third kappa shape index (κ3) is 4.63. The van der Waals surface area contributed by atoms with E-state index in [-0.39, 0.29) is 6.61 Å². The zero-order valence-electron chi connectivity index (χ0n) is 11.5.